The predicted molar refractivity (Wildman–Crippen MR) is 90.1 cm³/mol. The monoisotopic (exact) mass is 301 g/mol. The molecule has 0 atom stereocenters. The number of aliphatic imine (C=N–C) groups is 1. The summed E-state index contributed by atoms with van der Waals surface area (Å²) >= 11 is 1.54. The molecule has 0 bridgehead atoms. The van der Waals surface area contributed by atoms with Crippen molar-refractivity contribution in [3.63, 3.8) is 0 Å². The molecule has 1 N–H and O–H groups in total. The van der Waals surface area contributed by atoms with Crippen LogP contribution in [0, 0.1) is 13.8 Å². The van der Waals surface area contributed by atoms with E-state index in [0.717, 1.165) is 22.2 Å². The summed E-state index contributed by atoms with van der Waals surface area (Å²) in [6, 6.07) is 11.8. The Kier molecular flexibility index (Phi) is 5.16. The van der Waals surface area contributed by atoms with Gasteiger partial charge in [0.1, 0.15) is 0 Å². The van der Waals surface area contributed by atoms with Crippen LogP contribution < -0.4 is 10.4 Å². The zero-order valence-corrected chi connectivity index (χ0v) is 13.5. The van der Waals surface area contributed by atoms with Gasteiger partial charge in [-0.2, -0.15) is 0 Å². The van der Waals surface area contributed by atoms with E-state index in [4.69, 9.17) is 0 Å². The van der Waals surface area contributed by atoms with Gasteiger partial charge in [0.25, 0.3) is 0 Å². The molecular formula is C15H19N5S. The smallest absolute Gasteiger partial charge is 0.244 e. The normalized spacial score (nSPS) is 11.3. The summed E-state index contributed by atoms with van der Waals surface area (Å²) in [5.41, 5.74) is 6.00. The Bertz CT molecular complexity index is 607. The fourth-order valence-corrected chi connectivity index (χ4v) is 2.21. The lowest BCUT2D eigenvalue weighted by molar-refractivity contribution is 0.825. The van der Waals surface area contributed by atoms with E-state index < -0.39 is 0 Å². The minimum atomic E-state index is 0.627. The van der Waals surface area contributed by atoms with Crippen LogP contribution in [0.3, 0.4) is 0 Å². The van der Waals surface area contributed by atoms with E-state index in [1.807, 2.05) is 63.5 Å². The van der Waals surface area contributed by atoms with Crippen LogP contribution in [-0.2, 0) is 0 Å². The number of para-hydroxylation sites is 1. The van der Waals surface area contributed by atoms with E-state index in [2.05, 4.69) is 20.4 Å². The van der Waals surface area contributed by atoms with Crippen LogP contribution >= 0.6 is 11.8 Å². The second-order valence-corrected chi connectivity index (χ2v) is 5.37. The molecule has 0 aliphatic rings. The third kappa shape index (κ3) is 4.46. The number of rotatable bonds is 3. The molecule has 0 fully saturated rings. The molecule has 0 unspecified atom stereocenters. The first-order valence-electron chi connectivity index (χ1n) is 6.59. The van der Waals surface area contributed by atoms with Crippen LogP contribution in [0.1, 0.15) is 11.4 Å². The standard InChI is InChI=1S/C15H19N5S/c1-11-10-12(2)17-14(16-11)20(3)19-15(21-4)18-13-8-6-5-7-9-13/h5-10H,1-4H3,(H,18,19). The molecule has 0 saturated carbocycles. The minimum absolute atomic E-state index is 0.627. The Morgan fingerprint density at radius 3 is 2.33 bits per heavy atom. The zero-order valence-electron chi connectivity index (χ0n) is 12.7. The van der Waals surface area contributed by atoms with E-state index in [-0.39, 0.29) is 0 Å². The highest BCUT2D eigenvalue weighted by atomic mass is 32.2. The van der Waals surface area contributed by atoms with Gasteiger partial charge in [0, 0.05) is 18.4 Å². The quantitative estimate of drug-likeness (QED) is 0.536. The van der Waals surface area contributed by atoms with Gasteiger partial charge in [-0.25, -0.2) is 15.0 Å². The van der Waals surface area contributed by atoms with Gasteiger partial charge in [0.05, 0.1) is 5.69 Å². The van der Waals surface area contributed by atoms with Crippen LogP contribution in [-0.4, -0.2) is 28.4 Å². The average Bonchev–Trinajstić information content (AvgIpc) is 2.46. The molecule has 1 heterocycles. The van der Waals surface area contributed by atoms with E-state index in [1.165, 1.54) is 11.8 Å². The molecule has 2 rings (SSSR count). The van der Waals surface area contributed by atoms with Gasteiger partial charge in [-0.1, -0.05) is 30.0 Å². The fourth-order valence-electron chi connectivity index (χ4n) is 1.79. The van der Waals surface area contributed by atoms with Crippen LogP contribution in [0.15, 0.2) is 41.4 Å². The van der Waals surface area contributed by atoms with Gasteiger partial charge in [-0.3, -0.25) is 10.4 Å². The second kappa shape index (κ2) is 7.08. The van der Waals surface area contributed by atoms with Crippen LogP contribution in [0.25, 0.3) is 0 Å². The van der Waals surface area contributed by atoms with Crippen molar-refractivity contribution in [3.8, 4) is 0 Å². The lowest BCUT2D eigenvalue weighted by atomic mass is 10.3. The number of aromatic nitrogens is 2. The maximum atomic E-state index is 4.56. The highest BCUT2D eigenvalue weighted by Gasteiger charge is 2.08. The highest BCUT2D eigenvalue weighted by Crippen LogP contribution is 2.13. The highest BCUT2D eigenvalue weighted by molar-refractivity contribution is 8.13. The molecule has 6 heteroatoms. The molecule has 0 saturated heterocycles. The Labute approximate surface area is 129 Å². The first-order valence-corrected chi connectivity index (χ1v) is 7.81. The van der Waals surface area contributed by atoms with Crippen molar-refractivity contribution in [3.05, 3.63) is 47.8 Å². The van der Waals surface area contributed by atoms with Gasteiger partial charge < -0.3 is 0 Å². The number of hydrazine groups is 1. The number of nitrogens with one attached hydrogen (secondary N) is 1. The molecule has 0 spiro atoms. The lowest BCUT2D eigenvalue weighted by Gasteiger charge is -2.20. The SMILES string of the molecule is CSC(=Nc1ccccc1)NN(C)c1nc(C)cc(C)n1. The Morgan fingerprint density at radius 1 is 1.14 bits per heavy atom. The van der Waals surface area contributed by atoms with Crippen LogP contribution in [0.4, 0.5) is 11.6 Å². The number of hydrogen-bond acceptors (Lipinski definition) is 5. The van der Waals surface area contributed by atoms with Gasteiger partial charge >= 0.3 is 0 Å². The first-order chi connectivity index (χ1) is 10.1. The van der Waals surface area contributed by atoms with Gasteiger partial charge in [0.15, 0.2) is 5.17 Å². The Balaban J connectivity index is 2.16. The topological polar surface area (TPSA) is 53.4 Å². The number of benzene rings is 1. The second-order valence-electron chi connectivity index (χ2n) is 4.58. The van der Waals surface area contributed by atoms with Gasteiger partial charge in [0.2, 0.25) is 5.95 Å². The van der Waals surface area contributed by atoms with Crippen LogP contribution in [0.5, 0.6) is 0 Å². The van der Waals surface area contributed by atoms with Crippen molar-refractivity contribution < 1.29 is 0 Å². The molecule has 1 aromatic carbocycles. The average molecular weight is 301 g/mol. The van der Waals surface area contributed by atoms with Crippen molar-refractivity contribution >= 4 is 28.6 Å². The molecule has 0 amide bonds. The summed E-state index contributed by atoms with van der Waals surface area (Å²) in [5.74, 6) is 0.627. The summed E-state index contributed by atoms with van der Waals surface area (Å²) in [5, 5.41) is 2.56. The third-order valence-electron chi connectivity index (χ3n) is 2.71. The largest absolute Gasteiger partial charge is 0.274 e. The molecule has 0 aliphatic heterocycles. The number of amidine groups is 1. The summed E-state index contributed by atoms with van der Waals surface area (Å²) in [6.45, 7) is 3.92. The van der Waals surface area contributed by atoms with Crippen molar-refractivity contribution in [1.82, 2.24) is 15.4 Å². The molecular weight excluding hydrogens is 282 g/mol. The van der Waals surface area contributed by atoms with E-state index in [1.54, 1.807) is 5.01 Å². The summed E-state index contributed by atoms with van der Waals surface area (Å²) in [4.78, 5) is 13.4. The Hall–Kier alpha value is -2.08. The molecule has 0 radical (unpaired) electrons. The molecule has 2 aromatic rings. The molecule has 0 aliphatic carbocycles. The third-order valence-corrected chi connectivity index (χ3v) is 3.28. The van der Waals surface area contributed by atoms with Gasteiger partial charge in [-0.05, 0) is 38.3 Å². The van der Waals surface area contributed by atoms with Crippen LogP contribution in [0.2, 0.25) is 0 Å². The summed E-state index contributed by atoms with van der Waals surface area (Å²) in [6.07, 6.45) is 1.98. The van der Waals surface area contributed by atoms with E-state index in [9.17, 15) is 0 Å². The molecule has 1 aromatic heterocycles. The summed E-state index contributed by atoms with van der Waals surface area (Å²) < 4.78 is 0. The molecule has 21 heavy (non-hydrogen) atoms. The van der Waals surface area contributed by atoms with Crippen molar-refractivity contribution in [2.45, 2.75) is 13.8 Å². The number of thioether (sulfide) groups is 1. The van der Waals surface area contributed by atoms with Crippen molar-refractivity contribution in [1.29, 1.82) is 0 Å². The number of nitrogens with zero attached hydrogens (tertiary/aromatic N) is 4. The maximum Gasteiger partial charge on any atom is 0.244 e. The van der Waals surface area contributed by atoms with Crippen molar-refractivity contribution in [2.75, 3.05) is 18.3 Å². The van der Waals surface area contributed by atoms with E-state index in [0.29, 0.717) is 5.95 Å². The maximum absolute atomic E-state index is 4.56. The number of hydrogen-bond donors (Lipinski definition) is 1. The number of anilines is 1. The predicted octanol–water partition coefficient (Wildman–Crippen LogP) is 3.08. The number of aryl methyl sites for hydroxylation is 2. The molecule has 5 nitrogen and oxygen atoms in total. The van der Waals surface area contributed by atoms with Crippen molar-refractivity contribution in [2.24, 2.45) is 4.99 Å². The summed E-state index contributed by atoms with van der Waals surface area (Å²) in [7, 11) is 1.88. The molecule has 110 valence electrons. The minimum Gasteiger partial charge on any atom is -0.274 e. The lowest BCUT2D eigenvalue weighted by Crippen LogP contribution is -2.39. The van der Waals surface area contributed by atoms with Gasteiger partial charge in [-0.15, -0.1) is 0 Å². The zero-order chi connectivity index (χ0) is 15.2. The Morgan fingerprint density at radius 2 is 1.76 bits per heavy atom. The fraction of sp³-hybridized carbons (Fsp3) is 0.267. The first kappa shape index (κ1) is 15.3. The van der Waals surface area contributed by atoms with E-state index >= 15 is 0 Å².